The molecule has 0 aromatic carbocycles. The number of hydrogen-bond acceptors (Lipinski definition) is 2. The second kappa shape index (κ2) is 2.05. The summed E-state index contributed by atoms with van der Waals surface area (Å²) in [5.74, 6) is 0. The molecule has 2 rings (SSSR count). The maximum Gasteiger partial charge on any atom is 0.157 e. The lowest BCUT2D eigenvalue weighted by atomic mass is 10.5. The number of halogens is 1. The summed E-state index contributed by atoms with van der Waals surface area (Å²) in [6, 6.07) is 0. The third kappa shape index (κ3) is 0.724. The molecule has 0 aliphatic heterocycles. The van der Waals surface area contributed by atoms with Gasteiger partial charge in [-0.15, -0.1) is 0 Å². The Hall–Kier alpha value is -0.900. The second-order valence-corrected chi connectivity index (χ2v) is 2.69. The Morgan fingerprint density at radius 3 is 3.30 bits per heavy atom. The molecule has 0 atom stereocenters. The molecule has 4 heteroatoms. The molecule has 0 aliphatic rings. The number of H-pyrrole nitrogens is 1. The summed E-state index contributed by atoms with van der Waals surface area (Å²) in [7, 11) is 0. The van der Waals surface area contributed by atoms with Gasteiger partial charge in [0.15, 0.2) is 5.65 Å². The van der Waals surface area contributed by atoms with E-state index in [0.717, 1.165) is 15.6 Å². The third-order valence-electron chi connectivity index (χ3n) is 1.21. The minimum Gasteiger partial charge on any atom is -0.344 e. The summed E-state index contributed by atoms with van der Waals surface area (Å²) in [6.07, 6.45) is 5.99. The van der Waals surface area contributed by atoms with Gasteiger partial charge in [-0.05, 0) is 15.9 Å². The van der Waals surface area contributed by atoms with Crippen LogP contribution in [0.5, 0.6) is 0 Å². The minimum atomic E-state index is 0.783. The van der Waals surface area contributed by atoms with E-state index < -0.39 is 0 Å². The predicted octanol–water partition coefficient (Wildman–Crippen LogP) is 1.52. The number of aromatic amines is 1. The van der Waals surface area contributed by atoms with E-state index >= 15 is 0 Å². The Balaban J connectivity index is 2.93. The molecule has 49 valence electrons. The van der Waals surface area contributed by atoms with Crippen LogP contribution in [0.2, 0.25) is 0 Å². The first-order valence-corrected chi connectivity index (χ1v) is 3.53. The van der Waals surface area contributed by atoms with Crippen LogP contribution in [0.4, 0.5) is 0 Å². The summed E-state index contributed by atoms with van der Waals surface area (Å²) >= 11 is 3.31. The smallest absolute Gasteiger partial charge is 0.157 e. The van der Waals surface area contributed by atoms with Crippen LogP contribution in [0.15, 0.2) is 16.9 Å². The van der Waals surface area contributed by atoms with Gasteiger partial charge in [0, 0.05) is 6.20 Å². The Morgan fingerprint density at radius 1 is 1.60 bits per heavy atom. The van der Waals surface area contributed by atoms with Crippen molar-refractivity contribution in [2.75, 3.05) is 0 Å². The highest BCUT2D eigenvalue weighted by atomic mass is 79.9. The molecule has 2 aromatic heterocycles. The topological polar surface area (TPSA) is 41.6 Å². The normalized spacial score (nSPS) is 10.5. The third-order valence-corrected chi connectivity index (χ3v) is 1.82. The van der Waals surface area contributed by atoms with Crippen molar-refractivity contribution in [2.24, 2.45) is 0 Å². The first-order valence-electron chi connectivity index (χ1n) is 2.73. The predicted molar refractivity (Wildman–Crippen MR) is 40.4 cm³/mol. The van der Waals surface area contributed by atoms with Crippen molar-refractivity contribution in [1.29, 1.82) is 0 Å². The minimum absolute atomic E-state index is 0.783. The lowest BCUT2D eigenvalue weighted by Crippen LogP contribution is -1.77. The summed E-state index contributed by atoms with van der Waals surface area (Å²) in [4.78, 5) is 10.9. The van der Waals surface area contributed by atoms with Gasteiger partial charge in [-0.1, -0.05) is 0 Å². The van der Waals surface area contributed by atoms with E-state index in [-0.39, 0.29) is 0 Å². The SMILES string of the molecule is Brc1c[nH]c2nc[c]nc12. The van der Waals surface area contributed by atoms with Crippen molar-refractivity contribution in [1.82, 2.24) is 15.0 Å². The van der Waals surface area contributed by atoms with E-state index in [1.165, 1.54) is 6.20 Å². The largest absolute Gasteiger partial charge is 0.344 e. The molecule has 2 heterocycles. The lowest BCUT2D eigenvalue weighted by molar-refractivity contribution is 1.25. The molecule has 10 heavy (non-hydrogen) atoms. The van der Waals surface area contributed by atoms with E-state index in [1.807, 2.05) is 0 Å². The van der Waals surface area contributed by atoms with Crippen LogP contribution in [0.3, 0.4) is 0 Å². The summed E-state index contributed by atoms with van der Waals surface area (Å²) < 4.78 is 0.923. The average Bonchev–Trinajstić information content (AvgIpc) is 2.34. The van der Waals surface area contributed by atoms with Crippen molar-refractivity contribution in [3.63, 3.8) is 0 Å². The van der Waals surface area contributed by atoms with Crippen molar-refractivity contribution >= 4 is 27.1 Å². The Bertz CT molecular complexity index is 355. The van der Waals surface area contributed by atoms with Gasteiger partial charge in [0.25, 0.3) is 0 Å². The highest BCUT2D eigenvalue weighted by Crippen LogP contribution is 2.17. The molecule has 0 saturated heterocycles. The van der Waals surface area contributed by atoms with Crippen LogP contribution in [0, 0.1) is 6.20 Å². The Kier molecular flexibility index (Phi) is 1.20. The van der Waals surface area contributed by atoms with Crippen LogP contribution in [-0.4, -0.2) is 15.0 Å². The molecule has 0 fully saturated rings. The van der Waals surface area contributed by atoms with Crippen LogP contribution in [0.1, 0.15) is 0 Å². The molecule has 0 unspecified atom stereocenters. The first kappa shape index (κ1) is 5.85. The molecule has 0 spiro atoms. The van der Waals surface area contributed by atoms with Gasteiger partial charge in [0.05, 0.1) is 10.7 Å². The van der Waals surface area contributed by atoms with Crippen molar-refractivity contribution < 1.29 is 0 Å². The lowest BCUT2D eigenvalue weighted by Gasteiger charge is -1.83. The quantitative estimate of drug-likeness (QED) is 0.695. The molecule has 1 N–H and O–H groups in total. The van der Waals surface area contributed by atoms with Crippen LogP contribution in [-0.2, 0) is 0 Å². The molecule has 3 nitrogen and oxygen atoms in total. The fourth-order valence-electron chi connectivity index (χ4n) is 0.773. The Labute approximate surface area is 65.6 Å². The van der Waals surface area contributed by atoms with Crippen LogP contribution < -0.4 is 0 Å². The fraction of sp³-hybridized carbons (Fsp3) is 0. The van der Waals surface area contributed by atoms with Gasteiger partial charge in [-0.2, -0.15) is 0 Å². The van der Waals surface area contributed by atoms with Crippen LogP contribution >= 0.6 is 15.9 Å². The molecular formula is C6H3BrN3. The molecular weight excluding hydrogens is 194 g/mol. The number of nitrogens with one attached hydrogen (secondary N) is 1. The highest BCUT2D eigenvalue weighted by molar-refractivity contribution is 9.10. The van der Waals surface area contributed by atoms with Gasteiger partial charge in [-0.3, -0.25) is 0 Å². The average molecular weight is 197 g/mol. The highest BCUT2D eigenvalue weighted by Gasteiger charge is 1.99. The van der Waals surface area contributed by atoms with Crippen molar-refractivity contribution in [3.8, 4) is 0 Å². The van der Waals surface area contributed by atoms with Crippen LogP contribution in [0.25, 0.3) is 11.2 Å². The first-order chi connectivity index (χ1) is 4.88. The fourth-order valence-corrected chi connectivity index (χ4v) is 1.16. The van der Waals surface area contributed by atoms with Gasteiger partial charge >= 0.3 is 0 Å². The van der Waals surface area contributed by atoms with E-state index in [2.05, 4.69) is 37.1 Å². The summed E-state index contributed by atoms with van der Waals surface area (Å²) in [5.41, 5.74) is 1.60. The zero-order chi connectivity index (χ0) is 6.97. The standard InChI is InChI=1S/C6H3BrN3/c7-4-3-10-6-5(4)8-1-2-9-6/h2-3H,(H,9,10). The van der Waals surface area contributed by atoms with Crippen molar-refractivity contribution in [3.05, 3.63) is 23.1 Å². The number of hydrogen-bond donors (Lipinski definition) is 1. The monoisotopic (exact) mass is 196 g/mol. The number of fused-ring (bicyclic) bond motifs is 1. The Morgan fingerprint density at radius 2 is 2.50 bits per heavy atom. The van der Waals surface area contributed by atoms with Gasteiger partial charge < -0.3 is 4.98 Å². The number of rotatable bonds is 0. The second-order valence-electron chi connectivity index (χ2n) is 1.83. The van der Waals surface area contributed by atoms with E-state index in [4.69, 9.17) is 0 Å². The molecule has 1 radical (unpaired) electrons. The van der Waals surface area contributed by atoms with E-state index in [9.17, 15) is 0 Å². The number of aromatic nitrogens is 3. The summed E-state index contributed by atoms with van der Waals surface area (Å²) in [6.45, 7) is 0. The zero-order valence-corrected chi connectivity index (χ0v) is 6.51. The molecule has 0 aliphatic carbocycles. The van der Waals surface area contributed by atoms with Gasteiger partial charge in [0.2, 0.25) is 0 Å². The van der Waals surface area contributed by atoms with Gasteiger partial charge in [-0.25, -0.2) is 9.97 Å². The molecule has 2 aromatic rings. The molecule has 0 amide bonds. The van der Waals surface area contributed by atoms with Crippen molar-refractivity contribution in [2.45, 2.75) is 0 Å². The molecule has 0 bridgehead atoms. The van der Waals surface area contributed by atoms with E-state index in [1.54, 1.807) is 6.20 Å². The van der Waals surface area contributed by atoms with E-state index in [0.29, 0.717) is 0 Å². The maximum absolute atomic E-state index is 4.00. The maximum atomic E-state index is 4.00. The molecule has 0 saturated carbocycles. The van der Waals surface area contributed by atoms with Gasteiger partial charge in [0.1, 0.15) is 11.7 Å². The summed E-state index contributed by atoms with van der Waals surface area (Å²) in [5, 5.41) is 0. The zero-order valence-electron chi connectivity index (χ0n) is 4.93. The number of nitrogens with zero attached hydrogens (tertiary/aromatic N) is 2.